The number of halogens is 2. The number of ether oxygens (including phenoxy) is 1. The van der Waals surface area contributed by atoms with Crippen molar-refractivity contribution in [3.8, 4) is 5.75 Å². The van der Waals surface area contributed by atoms with Crippen LogP contribution in [0.2, 0.25) is 10.2 Å². The molecule has 8 heteroatoms. The first-order chi connectivity index (χ1) is 10.1. The molecule has 0 saturated carbocycles. The van der Waals surface area contributed by atoms with Crippen LogP contribution < -0.4 is 15.4 Å². The number of anilines is 1. The van der Waals surface area contributed by atoms with Crippen molar-refractivity contribution in [2.75, 3.05) is 18.5 Å². The summed E-state index contributed by atoms with van der Waals surface area (Å²) in [5.41, 5.74) is 0. The van der Waals surface area contributed by atoms with Crippen LogP contribution in [0.3, 0.4) is 0 Å². The van der Waals surface area contributed by atoms with Gasteiger partial charge in [0.2, 0.25) is 5.95 Å². The van der Waals surface area contributed by atoms with Crippen molar-refractivity contribution in [1.29, 1.82) is 0 Å². The van der Waals surface area contributed by atoms with Gasteiger partial charge in [-0.3, -0.25) is 10.1 Å². The van der Waals surface area contributed by atoms with Crippen molar-refractivity contribution in [2.45, 2.75) is 0 Å². The van der Waals surface area contributed by atoms with Crippen molar-refractivity contribution in [3.05, 3.63) is 46.7 Å². The summed E-state index contributed by atoms with van der Waals surface area (Å²) in [5, 5.41) is 6.14. The Hall–Kier alpha value is -1.89. The van der Waals surface area contributed by atoms with Crippen LogP contribution >= 0.6 is 23.2 Å². The van der Waals surface area contributed by atoms with Crippen molar-refractivity contribution >= 4 is 35.1 Å². The van der Waals surface area contributed by atoms with Crippen LogP contribution in [0.15, 0.2) is 36.5 Å². The minimum absolute atomic E-state index is 0.0449. The zero-order chi connectivity index (χ0) is 15.1. The average molecular weight is 327 g/mol. The third-order valence-corrected chi connectivity index (χ3v) is 2.98. The number of rotatable bonds is 6. The molecule has 2 rings (SSSR count). The quantitative estimate of drug-likeness (QED) is 0.279. The van der Waals surface area contributed by atoms with Gasteiger partial charge in [0.05, 0.1) is 24.4 Å². The zero-order valence-electron chi connectivity index (χ0n) is 10.8. The number of nitrogens with one attached hydrogen (secondary N) is 2. The summed E-state index contributed by atoms with van der Waals surface area (Å²) >= 11 is 11.4. The summed E-state index contributed by atoms with van der Waals surface area (Å²) in [6.07, 6.45) is 1.39. The monoisotopic (exact) mass is 326 g/mol. The van der Waals surface area contributed by atoms with Gasteiger partial charge >= 0.3 is 5.97 Å². The van der Waals surface area contributed by atoms with Crippen molar-refractivity contribution in [1.82, 2.24) is 15.3 Å². The Morgan fingerprint density at radius 1 is 1.24 bits per heavy atom. The highest BCUT2D eigenvalue weighted by Crippen LogP contribution is 2.18. The molecule has 0 spiro atoms. The van der Waals surface area contributed by atoms with Gasteiger partial charge in [-0.2, -0.15) is 4.98 Å². The molecule has 0 aliphatic rings. The molecule has 21 heavy (non-hydrogen) atoms. The molecule has 0 radical (unpaired) electrons. The standard InChI is InChI=1S/C13H12Cl2N4O2/c14-10-6-17-13(19-12(10)15)18-8-16-7-11(20)21-9-4-2-1-3-5-9/h1-6,16H,7-8H2,(H,17,18,19). The predicted octanol–water partition coefficient (Wildman–Crippen LogP) is 2.35. The number of aromatic nitrogens is 2. The Morgan fingerprint density at radius 3 is 2.71 bits per heavy atom. The van der Waals surface area contributed by atoms with Crippen LogP contribution in [-0.2, 0) is 4.79 Å². The van der Waals surface area contributed by atoms with E-state index >= 15 is 0 Å². The van der Waals surface area contributed by atoms with Crippen LogP contribution in [0.25, 0.3) is 0 Å². The topological polar surface area (TPSA) is 76.1 Å². The second-order valence-corrected chi connectivity index (χ2v) is 4.67. The van der Waals surface area contributed by atoms with E-state index < -0.39 is 5.97 Å². The largest absolute Gasteiger partial charge is 0.426 e. The molecule has 0 saturated heterocycles. The summed E-state index contributed by atoms with van der Waals surface area (Å²) in [4.78, 5) is 19.4. The molecule has 2 N–H and O–H groups in total. The molecule has 6 nitrogen and oxygen atoms in total. The fraction of sp³-hybridized carbons (Fsp3) is 0.154. The molecule has 0 bridgehead atoms. The third-order valence-electron chi connectivity index (χ3n) is 2.32. The second-order valence-electron chi connectivity index (χ2n) is 3.90. The van der Waals surface area contributed by atoms with Crippen LogP contribution in [-0.4, -0.2) is 29.2 Å². The summed E-state index contributed by atoms with van der Waals surface area (Å²) in [5.74, 6) is 0.427. The smallest absolute Gasteiger partial charge is 0.325 e. The van der Waals surface area contributed by atoms with Crippen LogP contribution in [0.5, 0.6) is 5.75 Å². The SMILES string of the molecule is O=C(CNCNc1ncc(Cl)c(Cl)n1)Oc1ccccc1. The molecule has 2 aromatic rings. The van der Waals surface area contributed by atoms with Gasteiger partial charge < -0.3 is 10.1 Å². The van der Waals surface area contributed by atoms with Gasteiger partial charge in [-0.25, -0.2) is 4.98 Å². The first kappa shape index (κ1) is 15.5. The van der Waals surface area contributed by atoms with E-state index in [1.165, 1.54) is 6.20 Å². The van der Waals surface area contributed by atoms with E-state index in [1.807, 2.05) is 6.07 Å². The Morgan fingerprint density at radius 2 is 2.00 bits per heavy atom. The summed E-state index contributed by atoms with van der Waals surface area (Å²) in [7, 11) is 0. The Balaban J connectivity index is 1.69. The van der Waals surface area contributed by atoms with E-state index in [0.717, 1.165) is 0 Å². The molecule has 1 heterocycles. The maximum absolute atomic E-state index is 11.5. The molecule has 0 fully saturated rings. The van der Waals surface area contributed by atoms with E-state index in [1.54, 1.807) is 24.3 Å². The number of carbonyl (C=O) groups is 1. The molecule has 0 aliphatic heterocycles. The average Bonchev–Trinajstić information content (AvgIpc) is 2.48. The zero-order valence-corrected chi connectivity index (χ0v) is 12.4. The predicted molar refractivity (Wildman–Crippen MR) is 80.6 cm³/mol. The fourth-order valence-electron chi connectivity index (χ4n) is 1.39. The third kappa shape index (κ3) is 5.18. The van der Waals surface area contributed by atoms with E-state index in [0.29, 0.717) is 11.7 Å². The number of esters is 1. The van der Waals surface area contributed by atoms with Crippen LogP contribution in [0.4, 0.5) is 5.95 Å². The van der Waals surface area contributed by atoms with Crippen LogP contribution in [0, 0.1) is 0 Å². The molecule has 0 amide bonds. The lowest BCUT2D eigenvalue weighted by Gasteiger charge is -2.07. The maximum atomic E-state index is 11.5. The van der Waals surface area contributed by atoms with E-state index in [9.17, 15) is 4.79 Å². The molecule has 0 unspecified atom stereocenters. The summed E-state index contributed by atoms with van der Waals surface area (Å²) in [6, 6.07) is 8.84. The minimum atomic E-state index is -0.391. The number of nitrogens with zero attached hydrogens (tertiary/aromatic N) is 2. The normalized spacial score (nSPS) is 10.2. The number of para-hydroxylation sites is 1. The maximum Gasteiger partial charge on any atom is 0.325 e. The molecule has 0 atom stereocenters. The lowest BCUT2D eigenvalue weighted by atomic mass is 10.3. The van der Waals surface area contributed by atoms with E-state index in [-0.39, 0.29) is 23.4 Å². The van der Waals surface area contributed by atoms with Gasteiger partial charge in [-0.1, -0.05) is 41.4 Å². The Kier molecular flexibility index (Phi) is 5.74. The van der Waals surface area contributed by atoms with Gasteiger partial charge in [-0.15, -0.1) is 0 Å². The highest BCUT2D eigenvalue weighted by atomic mass is 35.5. The molecule has 0 aliphatic carbocycles. The highest BCUT2D eigenvalue weighted by molar-refractivity contribution is 6.41. The van der Waals surface area contributed by atoms with Gasteiger partial charge in [0.15, 0.2) is 5.15 Å². The van der Waals surface area contributed by atoms with Gasteiger partial charge in [0.1, 0.15) is 5.75 Å². The lowest BCUT2D eigenvalue weighted by Crippen LogP contribution is -2.31. The molecular weight excluding hydrogens is 315 g/mol. The number of benzene rings is 1. The highest BCUT2D eigenvalue weighted by Gasteiger charge is 2.05. The number of carbonyl (C=O) groups excluding carboxylic acids is 1. The minimum Gasteiger partial charge on any atom is -0.426 e. The van der Waals surface area contributed by atoms with E-state index in [4.69, 9.17) is 27.9 Å². The number of hydrogen-bond donors (Lipinski definition) is 2. The van der Waals surface area contributed by atoms with Crippen molar-refractivity contribution in [3.63, 3.8) is 0 Å². The fourth-order valence-corrected chi connectivity index (χ4v) is 1.61. The first-order valence-electron chi connectivity index (χ1n) is 6.03. The first-order valence-corrected chi connectivity index (χ1v) is 6.79. The molecule has 1 aromatic carbocycles. The van der Waals surface area contributed by atoms with Gasteiger partial charge in [0.25, 0.3) is 0 Å². The summed E-state index contributed by atoms with van der Waals surface area (Å²) < 4.78 is 5.10. The molecule has 1 aromatic heterocycles. The number of hydrogen-bond acceptors (Lipinski definition) is 6. The second kappa shape index (κ2) is 7.78. The Labute approximate surface area is 131 Å². The van der Waals surface area contributed by atoms with Crippen molar-refractivity contribution in [2.24, 2.45) is 0 Å². The molecule has 110 valence electrons. The lowest BCUT2D eigenvalue weighted by molar-refractivity contribution is -0.133. The Bertz CT molecular complexity index is 610. The van der Waals surface area contributed by atoms with Gasteiger partial charge in [-0.05, 0) is 12.1 Å². The molecular formula is C13H12Cl2N4O2. The van der Waals surface area contributed by atoms with Crippen molar-refractivity contribution < 1.29 is 9.53 Å². The van der Waals surface area contributed by atoms with Crippen LogP contribution in [0.1, 0.15) is 0 Å². The summed E-state index contributed by atoms with van der Waals surface area (Å²) in [6.45, 7) is 0.324. The van der Waals surface area contributed by atoms with Gasteiger partial charge in [0, 0.05) is 0 Å². The van der Waals surface area contributed by atoms with E-state index in [2.05, 4.69) is 20.6 Å².